The lowest BCUT2D eigenvalue weighted by molar-refractivity contribution is -0.0346. The van der Waals surface area contributed by atoms with Crippen molar-refractivity contribution < 1.29 is 20.1 Å². The predicted molar refractivity (Wildman–Crippen MR) is 100 cm³/mol. The van der Waals surface area contributed by atoms with Crippen molar-refractivity contribution in [2.24, 2.45) is 4.99 Å². The number of aliphatic hydroxyl groups excluding tert-OH is 3. The van der Waals surface area contributed by atoms with Crippen LogP contribution in [-0.2, 0) is 4.74 Å². The summed E-state index contributed by atoms with van der Waals surface area (Å²) < 4.78 is 7.01. The monoisotopic (exact) mass is 393 g/mol. The zero-order valence-electron chi connectivity index (χ0n) is 15.8. The molecule has 152 valence electrons. The molecule has 0 spiro atoms. The number of nitrogens with zero attached hydrogens (tertiary/aromatic N) is 4. The number of aromatic nitrogens is 4. The highest BCUT2D eigenvalue weighted by Crippen LogP contribution is 2.34. The number of allylic oxidation sites excluding steroid dienone is 1. The van der Waals surface area contributed by atoms with Gasteiger partial charge in [-0.1, -0.05) is 0 Å². The van der Waals surface area contributed by atoms with Gasteiger partial charge in [-0.15, -0.1) is 0 Å². The molecule has 0 unspecified atom stereocenters. The van der Waals surface area contributed by atoms with Crippen LogP contribution in [0.5, 0.6) is 0 Å². The molecule has 1 aliphatic heterocycles. The van der Waals surface area contributed by atoms with Crippen molar-refractivity contribution in [3.05, 3.63) is 28.1 Å². The van der Waals surface area contributed by atoms with E-state index in [9.17, 15) is 20.1 Å². The molecular formula is C16H23N7O5. The smallest absolute Gasteiger partial charge is 0.280 e. The van der Waals surface area contributed by atoms with Crippen molar-refractivity contribution >= 4 is 22.9 Å². The quantitative estimate of drug-likeness (QED) is 0.217. The van der Waals surface area contributed by atoms with Crippen LogP contribution in [0.2, 0.25) is 0 Å². The van der Waals surface area contributed by atoms with Gasteiger partial charge in [-0.05, 0) is 13.8 Å². The molecule has 12 nitrogen and oxygen atoms in total. The summed E-state index contributed by atoms with van der Waals surface area (Å²) in [6.07, 6.45) is -3.78. The van der Waals surface area contributed by atoms with E-state index in [1.54, 1.807) is 27.9 Å². The number of hydrogen-bond donors (Lipinski definition) is 6. The number of H-pyrrole nitrogens is 1. The van der Waals surface area contributed by atoms with Crippen LogP contribution >= 0.6 is 0 Å². The minimum Gasteiger partial charge on any atom is -0.508 e. The van der Waals surface area contributed by atoms with Gasteiger partial charge in [-0.3, -0.25) is 14.3 Å². The van der Waals surface area contributed by atoms with E-state index >= 15 is 0 Å². The molecule has 3 heterocycles. The first-order chi connectivity index (χ1) is 13.3. The van der Waals surface area contributed by atoms with Crippen molar-refractivity contribution in [2.45, 2.75) is 38.4 Å². The van der Waals surface area contributed by atoms with E-state index in [1.165, 1.54) is 10.9 Å². The summed E-state index contributed by atoms with van der Waals surface area (Å²) in [5.74, 6) is 0.338. The summed E-state index contributed by atoms with van der Waals surface area (Å²) in [6, 6.07) is 0. The van der Waals surface area contributed by atoms with E-state index in [-0.39, 0.29) is 22.9 Å². The molecule has 2 aromatic rings. The minimum absolute atomic E-state index is 0.0287. The molecule has 0 aliphatic carbocycles. The number of hydrogen-bond acceptors (Lipinski definition) is 9. The molecule has 0 amide bonds. The van der Waals surface area contributed by atoms with Gasteiger partial charge >= 0.3 is 0 Å². The van der Waals surface area contributed by atoms with Gasteiger partial charge in [-0.2, -0.15) is 4.98 Å². The van der Waals surface area contributed by atoms with Crippen LogP contribution in [0, 0.1) is 0 Å². The van der Waals surface area contributed by atoms with Crippen molar-refractivity contribution in [3.8, 4) is 0 Å². The lowest BCUT2D eigenvalue weighted by Crippen LogP contribution is -2.33. The molecule has 2 aromatic heterocycles. The van der Waals surface area contributed by atoms with Gasteiger partial charge in [0.15, 0.2) is 17.4 Å². The van der Waals surface area contributed by atoms with Crippen LogP contribution < -0.4 is 16.2 Å². The Balaban J connectivity index is 2.05. The summed E-state index contributed by atoms with van der Waals surface area (Å²) in [7, 11) is 3.28. The highest BCUT2D eigenvalue weighted by molar-refractivity contribution is 5.81. The molecule has 3 rings (SSSR count). The van der Waals surface area contributed by atoms with Gasteiger partial charge in [0.05, 0.1) is 6.33 Å². The van der Waals surface area contributed by atoms with E-state index in [0.29, 0.717) is 11.5 Å². The average molecular weight is 393 g/mol. The predicted octanol–water partition coefficient (Wildman–Crippen LogP) is -0.983. The molecule has 0 radical (unpaired) electrons. The summed E-state index contributed by atoms with van der Waals surface area (Å²) in [5, 5.41) is 36.6. The van der Waals surface area contributed by atoms with Crippen LogP contribution in [0.25, 0.3) is 11.2 Å². The van der Waals surface area contributed by atoms with Crippen LogP contribution in [0.3, 0.4) is 0 Å². The molecule has 1 saturated heterocycles. The zero-order chi connectivity index (χ0) is 20.6. The maximum atomic E-state index is 12.3. The van der Waals surface area contributed by atoms with Crippen LogP contribution in [-0.4, -0.2) is 73.1 Å². The van der Waals surface area contributed by atoms with Gasteiger partial charge in [0, 0.05) is 19.8 Å². The van der Waals surface area contributed by atoms with E-state index < -0.39 is 30.1 Å². The summed E-state index contributed by atoms with van der Waals surface area (Å²) in [4.78, 5) is 27.2. The fraction of sp³-hybridized carbons (Fsp3) is 0.500. The third-order valence-corrected chi connectivity index (χ3v) is 4.60. The number of imidazole rings is 1. The second-order valence-electron chi connectivity index (χ2n) is 6.35. The Morgan fingerprint density at radius 3 is 2.64 bits per heavy atom. The second-order valence-corrected chi connectivity index (χ2v) is 6.35. The highest BCUT2D eigenvalue weighted by atomic mass is 16.6. The lowest BCUT2D eigenvalue weighted by Gasteiger charge is -2.16. The number of amidine groups is 1. The normalized spacial score (nSPS) is 26.4. The maximum absolute atomic E-state index is 12.3. The molecule has 0 bridgehead atoms. The molecule has 0 aromatic carbocycles. The maximum Gasteiger partial charge on any atom is 0.280 e. The highest BCUT2D eigenvalue weighted by Gasteiger charge is 2.46. The number of aliphatic imine (C=N–C) groups is 1. The number of rotatable bonds is 4. The van der Waals surface area contributed by atoms with Gasteiger partial charge in [-0.25, -0.2) is 9.98 Å². The van der Waals surface area contributed by atoms with Crippen LogP contribution in [0.1, 0.15) is 20.1 Å². The first kappa shape index (κ1) is 19.8. The van der Waals surface area contributed by atoms with E-state index in [1.807, 2.05) is 0 Å². The van der Waals surface area contributed by atoms with Crippen molar-refractivity contribution in [2.75, 3.05) is 14.1 Å². The number of ether oxygens (including phenoxy) is 1. The molecular weight excluding hydrogens is 370 g/mol. The molecule has 1 aliphatic rings. The second kappa shape index (κ2) is 7.58. The number of aliphatic hydroxyl groups is 3. The Bertz CT molecular complexity index is 995. The van der Waals surface area contributed by atoms with Gasteiger partial charge in [0.2, 0.25) is 5.95 Å². The van der Waals surface area contributed by atoms with E-state index in [4.69, 9.17) is 4.74 Å². The van der Waals surface area contributed by atoms with Gasteiger partial charge in [0.25, 0.3) is 5.56 Å². The Morgan fingerprint density at radius 2 is 2.00 bits per heavy atom. The molecule has 0 saturated carbocycles. The summed E-state index contributed by atoms with van der Waals surface area (Å²) >= 11 is 0. The SMILES string of the molecule is CNC(C)=Nc1nc2c(ncn2[C@@H]2O[C@H](C(O)=C(C)NC)[C@@H](O)[C@H]2O)c(=O)[nH]1. The Hall–Kier alpha value is -2.96. The van der Waals surface area contributed by atoms with Crippen LogP contribution in [0.15, 0.2) is 27.6 Å². The minimum atomic E-state index is -1.39. The van der Waals surface area contributed by atoms with Crippen molar-refractivity contribution in [3.63, 3.8) is 0 Å². The lowest BCUT2D eigenvalue weighted by atomic mass is 10.1. The number of nitrogens with one attached hydrogen (secondary N) is 3. The Morgan fingerprint density at radius 1 is 1.29 bits per heavy atom. The average Bonchev–Trinajstić information content (AvgIpc) is 3.22. The summed E-state index contributed by atoms with van der Waals surface area (Å²) in [5.41, 5.74) is 0.0314. The third kappa shape index (κ3) is 3.32. The van der Waals surface area contributed by atoms with Gasteiger partial charge < -0.3 is 30.7 Å². The number of fused-ring (bicyclic) bond motifs is 1. The molecule has 1 fully saturated rings. The first-order valence-electron chi connectivity index (χ1n) is 8.57. The molecule has 6 N–H and O–H groups in total. The Labute approximate surface area is 159 Å². The fourth-order valence-corrected chi connectivity index (χ4v) is 2.83. The standard InChI is InChI=1S/C16H23N7O5/c1-6(17-3)9(24)12-10(25)11(26)15(28-12)23-5-19-8-13(23)21-16(22-14(8)27)20-7(2)18-4/h5,10-12,15,17,24-26H,1-4H3,(H2,18,20,21,22,27)/t10-,11+,12+,15+/m0/s1. The van der Waals surface area contributed by atoms with E-state index in [0.717, 1.165) is 0 Å². The molecule has 12 heteroatoms. The topological polar surface area (TPSA) is 170 Å². The third-order valence-electron chi connectivity index (χ3n) is 4.60. The molecule has 28 heavy (non-hydrogen) atoms. The largest absolute Gasteiger partial charge is 0.508 e. The summed E-state index contributed by atoms with van der Waals surface area (Å²) in [6.45, 7) is 3.30. The van der Waals surface area contributed by atoms with E-state index in [2.05, 4.69) is 30.6 Å². The van der Waals surface area contributed by atoms with Crippen molar-refractivity contribution in [1.29, 1.82) is 0 Å². The van der Waals surface area contributed by atoms with Crippen LogP contribution in [0.4, 0.5) is 5.95 Å². The zero-order valence-corrected chi connectivity index (χ0v) is 15.8. The van der Waals surface area contributed by atoms with Crippen molar-refractivity contribution in [1.82, 2.24) is 30.2 Å². The Kier molecular flexibility index (Phi) is 5.36. The fourth-order valence-electron chi connectivity index (χ4n) is 2.83. The first-order valence-corrected chi connectivity index (χ1v) is 8.57. The van der Waals surface area contributed by atoms with Gasteiger partial charge in [0.1, 0.15) is 29.9 Å². The molecule has 4 atom stereocenters. The number of aromatic amines is 1.